The number of hydrogen-bond acceptors (Lipinski definition) is 3. The largest absolute Gasteiger partial charge is 0.494 e. The summed E-state index contributed by atoms with van der Waals surface area (Å²) in [7, 11) is 0. The average molecular weight is 220 g/mol. The van der Waals surface area contributed by atoms with Crippen LogP contribution < -0.4 is 15.4 Å². The molecule has 1 aromatic rings. The summed E-state index contributed by atoms with van der Waals surface area (Å²) in [6, 6.07) is 7.48. The van der Waals surface area contributed by atoms with E-state index in [4.69, 9.17) is 10.5 Å². The minimum Gasteiger partial charge on any atom is -0.494 e. The first-order chi connectivity index (χ1) is 7.70. The van der Waals surface area contributed by atoms with E-state index in [0.717, 1.165) is 11.4 Å². The van der Waals surface area contributed by atoms with Crippen LogP contribution in [0.15, 0.2) is 24.3 Å². The third kappa shape index (κ3) is 2.17. The van der Waals surface area contributed by atoms with Gasteiger partial charge >= 0.3 is 0 Å². The highest BCUT2D eigenvalue weighted by Gasteiger charge is 2.27. The van der Waals surface area contributed by atoms with Gasteiger partial charge in [-0.1, -0.05) is 0 Å². The zero-order valence-electron chi connectivity index (χ0n) is 9.35. The fraction of sp³-hybridized carbons (Fsp3) is 0.417. The van der Waals surface area contributed by atoms with E-state index in [2.05, 4.69) is 0 Å². The number of carbonyl (C=O) groups excluding carboxylic acids is 1. The second kappa shape index (κ2) is 4.53. The van der Waals surface area contributed by atoms with Crippen LogP contribution in [0.5, 0.6) is 5.75 Å². The molecule has 0 spiro atoms. The number of hydrogen-bond donors (Lipinski definition) is 1. The van der Waals surface area contributed by atoms with Crippen molar-refractivity contribution in [3.63, 3.8) is 0 Å². The van der Waals surface area contributed by atoms with Crippen LogP contribution in [0.4, 0.5) is 5.69 Å². The summed E-state index contributed by atoms with van der Waals surface area (Å²) in [6.45, 7) is 3.19. The molecule has 0 unspecified atom stereocenters. The Balaban J connectivity index is 2.12. The standard InChI is InChI=1S/C12H16N2O2/c1-2-16-11-5-3-10(4-6-11)14-8-9(13)7-12(14)15/h3-6,9H,2,7-8,13H2,1H3/t9-/m1/s1. The zero-order chi connectivity index (χ0) is 11.5. The third-order valence-corrected chi connectivity index (χ3v) is 2.61. The topological polar surface area (TPSA) is 55.6 Å². The molecule has 1 atom stereocenters. The molecule has 1 heterocycles. The molecule has 1 aliphatic heterocycles. The number of nitrogens with two attached hydrogens (primary N) is 1. The van der Waals surface area contributed by atoms with Gasteiger partial charge in [-0.05, 0) is 31.2 Å². The van der Waals surface area contributed by atoms with Crippen molar-refractivity contribution in [3.05, 3.63) is 24.3 Å². The summed E-state index contributed by atoms with van der Waals surface area (Å²) in [5.41, 5.74) is 6.63. The highest BCUT2D eigenvalue weighted by molar-refractivity contribution is 5.96. The molecule has 1 amide bonds. The van der Waals surface area contributed by atoms with Gasteiger partial charge in [0.15, 0.2) is 0 Å². The van der Waals surface area contributed by atoms with Crippen molar-refractivity contribution >= 4 is 11.6 Å². The molecule has 2 N–H and O–H groups in total. The SMILES string of the molecule is CCOc1ccc(N2C[C@H](N)CC2=O)cc1. The smallest absolute Gasteiger partial charge is 0.228 e. The van der Waals surface area contributed by atoms with Crippen molar-refractivity contribution in [2.45, 2.75) is 19.4 Å². The Morgan fingerprint density at radius 3 is 2.62 bits per heavy atom. The van der Waals surface area contributed by atoms with Gasteiger partial charge in [-0.25, -0.2) is 0 Å². The van der Waals surface area contributed by atoms with Gasteiger partial charge in [-0.15, -0.1) is 0 Å². The molecule has 1 saturated heterocycles. The summed E-state index contributed by atoms with van der Waals surface area (Å²) in [5, 5.41) is 0. The summed E-state index contributed by atoms with van der Waals surface area (Å²) in [5.74, 6) is 0.916. The molecule has 1 aromatic carbocycles. The number of nitrogens with zero attached hydrogens (tertiary/aromatic N) is 1. The summed E-state index contributed by atoms with van der Waals surface area (Å²) >= 11 is 0. The minimum absolute atomic E-state index is 0.0425. The van der Waals surface area contributed by atoms with Crippen molar-refractivity contribution in [2.75, 3.05) is 18.1 Å². The van der Waals surface area contributed by atoms with E-state index in [9.17, 15) is 4.79 Å². The van der Waals surface area contributed by atoms with Crippen molar-refractivity contribution in [1.82, 2.24) is 0 Å². The van der Waals surface area contributed by atoms with Crippen molar-refractivity contribution in [1.29, 1.82) is 0 Å². The lowest BCUT2D eigenvalue weighted by atomic mass is 10.3. The first kappa shape index (κ1) is 11.0. The number of anilines is 1. The van der Waals surface area contributed by atoms with Crippen LogP contribution in [0.3, 0.4) is 0 Å². The Morgan fingerprint density at radius 2 is 2.12 bits per heavy atom. The first-order valence-electron chi connectivity index (χ1n) is 5.49. The predicted molar refractivity (Wildman–Crippen MR) is 62.6 cm³/mol. The lowest BCUT2D eigenvalue weighted by molar-refractivity contribution is -0.117. The maximum absolute atomic E-state index is 11.6. The number of amides is 1. The van der Waals surface area contributed by atoms with Crippen molar-refractivity contribution in [3.8, 4) is 5.75 Å². The number of benzene rings is 1. The molecule has 4 nitrogen and oxygen atoms in total. The van der Waals surface area contributed by atoms with E-state index in [-0.39, 0.29) is 11.9 Å². The average Bonchev–Trinajstić information content (AvgIpc) is 2.59. The van der Waals surface area contributed by atoms with Gasteiger partial charge in [0.2, 0.25) is 5.91 Å². The summed E-state index contributed by atoms with van der Waals surface area (Å²) in [6.07, 6.45) is 0.438. The monoisotopic (exact) mass is 220 g/mol. The van der Waals surface area contributed by atoms with Gasteiger partial charge in [0, 0.05) is 24.7 Å². The molecule has 1 aliphatic rings. The molecule has 86 valence electrons. The second-order valence-corrected chi connectivity index (χ2v) is 3.90. The van der Waals surface area contributed by atoms with Gasteiger partial charge in [0.05, 0.1) is 6.61 Å². The lowest BCUT2D eigenvalue weighted by Gasteiger charge is -2.16. The van der Waals surface area contributed by atoms with Gasteiger partial charge in [0.25, 0.3) is 0 Å². The molecular formula is C12H16N2O2. The normalized spacial score (nSPS) is 20.2. The van der Waals surface area contributed by atoms with Gasteiger partial charge < -0.3 is 15.4 Å². The summed E-state index contributed by atoms with van der Waals surface area (Å²) in [4.78, 5) is 13.3. The second-order valence-electron chi connectivity index (χ2n) is 3.90. The highest BCUT2D eigenvalue weighted by atomic mass is 16.5. The molecule has 4 heteroatoms. The maximum atomic E-state index is 11.6. The quantitative estimate of drug-likeness (QED) is 0.831. The highest BCUT2D eigenvalue weighted by Crippen LogP contribution is 2.23. The predicted octanol–water partition coefficient (Wildman–Crippen LogP) is 1.15. The van der Waals surface area contributed by atoms with Crippen LogP contribution in [-0.2, 0) is 4.79 Å². The lowest BCUT2D eigenvalue weighted by Crippen LogP contribution is -2.27. The van der Waals surface area contributed by atoms with Gasteiger partial charge in [-0.3, -0.25) is 4.79 Å². The maximum Gasteiger partial charge on any atom is 0.228 e. The van der Waals surface area contributed by atoms with Crippen LogP contribution in [0.2, 0.25) is 0 Å². The van der Waals surface area contributed by atoms with E-state index in [1.54, 1.807) is 4.90 Å². The van der Waals surface area contributed by atoms with Crippen LogP contribution in [0.25, 0.3) is 0 Å². The van der Waals surface area contributed by atoms with Crippen LogP contribution in [-0.4, -0.2) is 25.1 Å². The van der Waals surface area contributed by atoms with Gasteiger partial charge in [-0.2, -0.15) is 0 Å². The van der Waals surface area contributed by atoms with Gasteiger partial charge in [0.1, 0.15) is 5.75 Å². The molecule has 1 fully saturated rings. The van der Waals surface area contributed by atoms with Crippen molar-refractivity contribution in [2.24, 2.45) is 5.73 Å². The zero-order valence-corrected chi connectivity index (χ0v) is 9.35. The van der Waals surface area contributed by atoms with E-state index >= 15 is 0 Å². The Bertz CT molecular complexity index is 375. The molecule has 0 bridgehead atoms. The van der Waals surface area contributed by atoms with E-state index in [1.165, 1.54) is 0 Å². The van der Waals surface area contributed by atoms with E-state index in [1.807, 2.05) is 31.2 Å². The molecule has 0 aliphatic carbocycles. The molecule has 2 rings (SSSR count). The number of ether oxygens (including phenoxy) is 1. The molecule has 0 aromatic heterocycles. The Labute approximate surface area is 95.0 Å². The molecule has 0 saturated carbocycles. The third-order valence-electron chi connectivity index (χ3n) is 2.61. The van der Waals surface area contributed by atoms with Crippen LogP contribution in [0, 0.1) is 0 Å². The molecule has 0 radical (unpaired) electrons. The number of carbonyl (C=O) groups is 1. The Kier molecular flexibility index (Phi) is 3.10. The molecular weight excluding hydrogens is 204 g/mol. The van der Waals surface area contributed by atoms with E-state index in [0.29, 0.717) is 19.6 Å². The first-order valence-corrected chi connectivity index (χ1v) is 5.49. The molecule has 16 heavy (non-hydrogen) atoms. The summed E-state index contributed by atoms with van der Waals surface area (Å²) < 4.78 is 5.34. The number of rotatable bonds is 3. The fourth-order valence-corrected chi connectivity index (χ4v) is 1.87. The van der Waals surface area contributed by atoms with E-state index < -0.39 is 0 Å². The van der Waals surface area contributed by atoms with Crippen molar-refractivity contribution < 1.29 is 9.53 Å². The van der Waals surface area contributed by atoms with Crippen LogP contribution >= 0.6 is 0 Å². The van der Waals surface area contributed by atoms with Crippen LogP contribution in [0.1, 0.15) is 13.3 Å². The fourth-order valence-electron chi connectivity index (χ4n) is 1.87. The Morgan fingerprint density at radius 1 is 1.44 bits per heavy atom. The minimum atomic E-state index is -0.0425. The Hall–Kier alpha value is -1.55.